The maximum absolute atomic E-state index is 13.2. The van der Waals surface area contributed by atoms with Gasteiger partial charge in [0.2, 0.25) is 0 Å². The van der Waals surface area contributed by atoms with Crippen LogP contribution in [0.1, 0.15) is 25.3 Å². The van der Waals surface area contributed by atoms with Crippen LogP contribution in [0.5, 0.6) is 0 Å². The summed E-state index contributed by atoms with van der Waals surface area (Å²) in [7, 11) is 0. The van der Waals surface area contributed by atoms with Crippen molar-refractivity contribution in [3.63, 3.8) is 0 Å². The molecule has 1 unspecified atom stereocenters. The van der Waals surface area contributed by atoms with E-state index < -0.39 is 0 Å². The fourth-order valence-corrected chi connectivity index (χ4v) is 2.75. The third kappa shape index (κ3) is 2.21. The van der Waals surface area contributed by atoms with Crippen LogP contribution < -0.4 is 0 Å². The summed E-state index contributed by atoms with van der Waals surface area (Å²) in [6.45, 7) is 2.15. The van der Waals surface area contributed by atoms with Gasteiger partial charge < -0.3 is 0 Å². The highest BCUT2D eigenvalue weighted by Gasteiger charge is 2.46. The summed E-state index contributed by atoms with van der Waals surface area (Å²) in [5.74, 6) is -0.313. The van der Waals surface area contributed by atoms with Gasteiger partial charge in [-0.25, -0.2) is 4.39 Å². The van der Waals surface area contributed by atoms with Crippen LogP contribution in [0.15, 0.2) is 18.2 Å². The predicted octanol–water partition coefficient (Wildman–Crippen LogP) is 4.59. The van der Waals surface area contributed by atoms with Gasteiger partial charge in [0.15, 0.2) is 0 Å². The highest BCUT2D eigenvalue weighted by molar-refractivity contribution is 9.09. The third-order valence-corrected chi connectivity index (χ3v) is 4.70. The van der Waals surface area contributed by atoms with Gasteiger partial charge >= 0.3 is 0 Å². The summed E-state index contributed by atoms with van der Waals surface area (Å²) >= 11 is 9.56. The van der Waals surface area contributed by atoms with Crippen molar-refractivity contribution in [1.82, 2.24) is 0 Å². The Morgan fingerprint density at radius 3 is 2.73 bits per heavy atom. The van der Waals surface area contributed by atoms with Gasteiger partial charge in [0.05, 0.1) is 5.02 Å². The van der Waals surface area contributed by atoms with Crippen LogP contribution >= 0.6 is 27.5 Å². The zero-order valence-electron chi connectivity index (χ0n) is 8.56. The van der Waals surface area contributed by atoms with Gasteiger partial charge in [-0.2, -0.15) is 0 Å². The fraction of sp³-hybridized carbons (Fsp3) is 0.500. The molecule has 0 amide bonds. The Kier molecular flexibility index (Phi) is 3.09. The molecule has 0 bridgehead atoms. The normalized spacial score (nSPS) is 20.0. The second kappa shape index (κ2) is 4.06. The molecule has 0 radical (unpaired) electrons. The summed E-state index contributed by atoms with van der Waals surface area (Å²) in [4.78, 5) is 0.462. The Hall–Kier alpha value is -0.0800. The number of benzene rings is 1. The largest absolute Gasteiger partial charge is 0.205 e. The molecule has 1 fully saturated rings. The first-order valence-electron chi connectivity index (χ1n) is 5.12. The quantitative estimate of drug-likeness (QED) is 0.715. The molecule has 3 heteroatoms. The molecule has 1 saturated carbocycles. The number of halogens is 3. The van der Waals surface area contributed by atoms with Crippen LogP contribution in [0, 0.1) is 11.2 Å². The first kappa shape index (κ1) is 11.4. The summed E-state index contributed by atoms with van der Waals surface area (Å²) in [5, 5.41) is 0.289. The molecule has 2 rings (SSSR count). The molecule has 0 aliphatic heterocycles. The first-order chi connectivity index (χ1) is 7.05. The molecule has 0 N–H and O–H groups in total. The summed E-state index contributed by atoms with van der Waals surface area (Å²) in [5.41, 5.74) is 1.23. The minimum atomic E-state index is -0.313. The molecule has 15 heavy (non-hydrogen) atoms. The van der Waals surface area contributed by atoms with E-state index in [9.17, 15) is 4.39 Å². The van der Waals surface area contributed by atoms with Crippen LogP contribution in [0.2, 0.25) is 5.02 Å². The van der Waals surface area contributed by atoms with Crippen LogP contribution in [0.3, 0.4) is 0 Å². The van der Waals surface area contributed by atoms with E-state index in [0.717, 1.165) is 12.0 Å². The van der Waals surface area contributed by atoms with E-state index in [1.807, 2.05) is 6.07 Å². The van der Waals surface area contributed by atoms with Crippen molar-refractivity contribution in [3.05, 3.63) is 34.6 Å². The molecule has 0 nitrogen and oxygen atoms in total. The summed E-state index contributed by atoms with van der Waals surface area (Å²) in [6, 6.07) is 5.05. The smallest absolute Gasteiger partial charge is 0.142 e. The molecule has 82 valence electrons. The minimum Gasteiger partial charge on any atom is -0.205 e. The number of rotatable bonds is 3. The van der Waals surface area contributed by atoms with Crippen LogP contribution in [-0.4, -0.2) is 4.83 Å². The van der Waals surface area contributed by atoms with Crippen molar-refractivity contribution in [1.29, 1.82) is 0 Å². The molecule has 1 aromatic rings. The van der Waals surface area contributed by atoms with Gasteiger partial charge in [-0.3, -0.25) is 0 Å². The van der Waals surface area contributed by atoms with E-state index in [-0.39, 0.29) is 10.8 Å². The first-order valence-corrected chi connectivity index (χ1v) is 6.41. The molecule has 1 atom stereocenters. The Balaban J connectivity index is 2.22. The second-order valence-corrected chi connectivity index (χ2v) is 6.12. The van der Waals surface area contributed by atoms with E-state index in [4.69, 9.17) is 11.6 Å². The summed E-state index contributed by atoms with van der Waals surface area (Å²) < 4.78 is 13.2. The highest BCUT2D eigenvalue weighted by Crippen LogP contribution is 2.54. The van der Waals surface area contributed by atoms with E-state index in [0.29, 0.717) is 10.2 Å². The van der Waals surface area contributed by atoms with E-state index in [2.05, 4.69) is 22.9 Å². The lowest BCUT2D eigenvalue weighted by atomic mass is 9.94. The van der Waals surface area contributed by atoms with Gasteiger partial charge in [-0.05, 0) is 36.3 Å². The SMILES string of the molecule is CC(Br)C1(Cc2cccc(F)c2Cl)CC1. The van der Waals surface area contributed by atoms with Crippen molar-refractivity contribution < 1.29 is 4.39 Å². The molecule has 0 heterocycles. The maximum Gasteiger partial charge on any atom is 0.142 e. The third-order valence-electron chi connectivity index (χ3n) is 3.31. The van der Waals surface area contributed by atoms with Crippen molar-refractivity contribution in [2.24, 2.45) is 5.41 Å². The molecular formula is C12H13BrClF. The number of alkyl halides is 1. The Labute approximate surface area is 103 Å². The lowest BCUT2D eigenvalue weighted by Crippen LogP contribution is -2.15. The van der Waals surface area contributed by atoms with Crippen LogP contribution in [0.4, 0.5) is 4.39 Å². The molecule has 0 aromatic heterocycles. The number of hydrogen-bond acceptors (Lipinski definition) is 0. The highest BCUT2D eigenvalue weighted by atomic mass is 79.9. The van der Waals surface area contributed by atoms with Gasteiger partial charge in [0.1, 0.15) is 5.82 Å². The van der Waals surface area contributed by atoms with Crippen molar-refractivity contribution in [2.75, 3.05) is 0 Å². The van der Waals surface area contributed by atoms with E-state index in [1.165, 1.54) is 18.9 Å². The minimum absolute atomic E-state index is 0.289. The van der Waals surface area contributed by atoms with Crippen LogP contribution in [0.25, 0.3) is 0 Å². The zero-order valence-corrected chi connectivity index (χ0v) is 10.9. The van der Waals surface area contributed by atoms with Crippen LogP contribution in [-0.2, 0) is 6.42 Å². The average Bonchev–Trinajstić information content (AvgIpc) is 2.94. The maximum atomic E-state index is 13.2. The van der Waals surface area contributed by atoms with Gasteiger partial charge in [-0.1, -0.05) is 46.6 Å². The number of hydrogen-bond donors (Lipinski definition) is 0. The monoisotopic (exact) mass is 290 g/mol. The molecule has 1 aliphatic carbocycles. The Morgan fingerprint density at radius 1 is 1.53 bits per heavy atom. The van der Waals surface area contributed by atoms with Crippen molar-refractivity contribution in [2.45, 2.75) is 31.0 Å². The lowest BCUT2D eigenvalue weighted by molar-refractivity contribution is 0.506. The molecule has 0 spiro atoms. The molecule has 1 aromatic carbocycles. The van der Waals surface area contributed by atoms with Crippen molar-refractivity contribution >= 4 is 27.5 Å². The Bertz CT molecular complexity index is 372. The molecule has 0 saturated heterocycles. The molecular weight excluding hydrogens is 278 g/mol. The zero-order chi connectivity index (χ0) is 11.1. The van der Waals surface area contributed by atoms with Crippen molar-refractivity contribution in [3.8, 4) is 0 Å². The standard InChI is InChI=1S/C12H13BrClF/c1-8(13)12(5-6-12)7-9-3-2-4-10(15)11(9)14/h2-4,8H,5-7H2,1H3. The lowest BCUT2D eigenvalue weighted by Gasteiger charge is -2.18. The topological polar surface area (TPSA) is 0 Å². The van der Waals surface area contributed by atoms with Gasteiger partial charge in [0.25, 0.3) is 0 Å². The second-order valence-electron chi connectivity index (χ2n) is 4.37. The Morgan fingerprint density at radius 2 is 2.20 bits per heavy atom. The van der Waals surface area contributed by atoms with Gasteiger partial charge in [-0.15, -0.1) is 0 Å². The molecule has 1 aliphatic rings. The summed E-state index contributed by atoms with van der Waals surface area (Å²) in [6.07, 6.45) is 3.27. The van der Waals surface area contributed by atoms with Gasteiger partial charge in [0, 0.05) is 4.83 Å². The van der Waals surface area contributed by atoms with E-state index >= 15 is 0 Å². The fourth-order valence-electron chi connectivity index (χ4n) is 1.94. The predicted molar refractivity (Wildman–Crippen MR) is 65.2 cm³/mol. The van der Waals surface area contributed by atoms with E-state index in [1.54, 1.807) is 6.07 Å². The average molecular weight is 292 g/mol.